The van der Waals surface area contributed by atoms with Gasteiger partial charge in [0.1, 0.15) is 5.82 Å². The molecule has 1 aromatic rings. The summed E-state index contributed by atoms with van der Waals surface area (Å²) in [6, 6.07) is 4.09. The van der Waals surface area contributed by atoms with E-state index in [0.717, 1.165) is 0 Å². The van der Waals surface area contributed by atoms with Crippen LogP contribution < -0.4 is 11.1 Å². The third-order valence-electron chi connectivity index (χ3n) is 1.20. The summed E-state index contributed by atoms with van der Waals surface area (Å²) in [5.74, 6) is -0.515. The summed E-state index contributed by atoms with van der Waals surface area (Å²) in [7, 11) is 0. The lowest BCUT2D eigenvalue weighted by Gasteiger charge is -2.05. The number of hydrogen-bond donors (Lipinski definition) is 3. The summed E-state index contributed by atoms with van der Waals surface area (Å²) >= 11 is 3.12. The molecule has 0 unspecified atom stereocenters. The summed E-state index contributed by atoms with van der Waals surface area (Å²) in [6.07, 6.45) is 0. The fourth-order valence-electron chi connectivity index (χ4n) is 0.736. The Kier molecular flexibility index (Phi) is 2.65. The molecule has 64 valence electrons. The highest BCUT2D eigenvalue weighted by atomic mass is 79.9. The molecule has 0 heterocycles. The van der Waals surface area contributed by atoms with Gasteiger partial charge >= 0.3 is 0 Å². The zero-order valence-electron chi connectivity index (χ0n) is 6.07. The van der Waals surface area contributed by atoms with E-state index in [1.165, 1.54) is 18.2 Å². The Morgan fingerprint density at radius 3 is 2.75 bits per heavy atom. The van der Waals surface area contributed by atoms with Crippen molar-refractivity contribution in [2.75, 3.05) is 5.32 Å². The number of halogens is 2. The predicted octanol–water partition coefficient (Wildman–Crippen LogP) is 1.89. The Labute approximate surface area is 77.4 Å². The first-order chi connectivity index (χ1) is 5.59. The molecule has 1 aromatic carbocycles. The van der Waals surface area contributed by atoms with Gasteiger partial charge in [0.2, 0.25) is 0 Å². The standard InChI is InChI=1S/C7H7BrFN3/c8-5-3-4(9)1-2-6(5)12-7(10)11/h1-3H,(H4,10,11,12). The monoisotopic (exact) mass is 231 g/mol. The van der Waals surface area contributed by atoms with E-state index in [1.54, 1.807) is 0 Å². The highest BCUT2D eigenvalue weighted by Crippen LogP contribution is 2.22. The van der Waals surface area contributed by atoms with Gasteiger partial charge in [0.15, 0.2) is 5.96 Å². The third kappa shape index (κ3) is 2.20. The van der Waals surface area contributed by atoms with Crippen molar-refractivity contribution in [2.24, 2.45) is 5.73 Å². The molecule has 0 aliphatic carbocycles. The van der Waals surface area contributed by atoms with Crippen molar-refractivity contribution < 1.29 is 4.39 Å². The molecule has 0 spiro atoms. The zero-order valence-corrected chi connectivity index (χ0v) is 7.65. The molecule has 5 heteroatoms. The number of anilines is 1. The van der Waals surface area contributed by atoms with Crippen LogP contribution in [0.2, 0.25) is 0 Å². The van der Waals surface area contributed by atoms with Crippen molar-refractivity contribution in [3.05, 3.63) is 28.5 Å². The van der Waals surface area contributed by atoms with Crippen molar-refractivity contribution in [2.45, 2.75) is 0 Å². The molecule has 12 heavy (non-hydrogen) atoms. The summed E-state index contributed by atoms with van der Waals surface area (Å²) in [5, 5.41) is 9.48. The Morgan fingerprint density at radius 2 is 2.25 bits per heavy atom. The van der Waals surface area contributed by atoms with E-state index in [1.807, 2.05) is 0 Å². The van der Waals surface area contributed by atoms with E-state index in [2.05, 4.69) is 21.2 Å². The first kappa shape index (κ1) is 8.99. The van der Waals surface area contributed by atoms with Crippen LogP contribution in [0.25, 0.3) is 0 Å². The van der Waals surface area contributed by atoms with Crippen LogP contribution in [0.5, 0.6) is 0 Å². The number of nitrogens with two attached hydrogens (primary N) is 1. The Balaban J connectivity index is 2.93. The third-order valence-corrected chi connectivity index (χ3v) is 1.86. The molecule has 0 aliphatic heterocycles. The molecule has 0 fully saturated rings. The maximum absolute atomic E-state index is 12.5. The van der Waals surface area contributed by atoms with Gasteiger partial charge in [-0.05, 0) is 34.1 Å². The zero-order chi connectivity index (χ0) is 9.14. The van der Waals surface area contributed by atoms with Crippen LogP contribution in [0.15, 0.2) is 22.7 Å². The lowest BCUT2D eigenvalue weighted by molar-refractivity contribution is 0.627. The molecule has 0 amide bonds. The van der Waals surface area contributed by atoms with Crippen molar-refractivity contribution in [3.63, 3.8) is 0 Å². The molecule has 1 rings (SSSR count). The van der Waals surface area contributed by atoms with Gasteiger partial charge in [0, 0.05) is 4.47 Å². The van der Waals surface area contributed by atoms with Crippen molar-refractivity contribution in [1.29, 1.82) is 5.41 Å². The second kappa shape index (κ2) is 3.53. The Hall–Kier alpha value is -1.10. The van der Waals surface area contributed by atoms with Crippen LogP contribution >= 0.6 is 15.9 Å². The van der Waals surface area contributed by atoms with Crippen molar-refractivity contribution in [1.82, 2.24) is 0 Å². The van der Waals surface area contributed by atoms with E-state index >= 15 is 0 Å². The van der Waals surface area contributed by atoms with Crippen LogP contribution in [0, 0.1) is 11.2 Å². The molecule has 3 nitrogen and oxygen atoms in total. The van der Waals surface area contributed by atoms with Gasteiger partial charge in [-0.25, -0.2) is 4.39 Å². The van der Waals surface area contributed by atoms with Gasteiger partial charge in [-0.1, -0.05) is 0 Å². The fraction of sp³-hybridized carbons (Fsp3) is 0. The van der Waals surface area contributed by atoms with Crippen molar-refractivity contribution >= 4 is 27.6 Å². The van der Waals surface area contributed by atoms with Gasteiger partial charge in [-0.2, -0.15) is 0 Å². The summed E-state index contributed by atoms with van der Waals surface area (Å²) in [4.78, 5) is 0. The van der Waals surface area contributed by atoms with E-state index < -0.39 is 0 Å². The molecular weight excluding hydrogens is 225 g/mol. The topological polar surface area (TPSA) is 61.9 Å². The minimum Gasteiger partial charge on any atom is -0.370 e. The Bertz CT molecular complexity index is 314. The van der Waals surface area contributed by atoms with Crippen LogP contribution in [0.1, 0.15) is 0 Å². The molecule has 0 atom stereocenters. The summed E-state index contributed by atoms with van der Waals surface area (Å²) < 4.78 is 13.1. The van der Waals surface area contributed by atoms with Crippen LogP contribution in [-0.2, 0) is 0 Å². The number of nitrogens with one attached hydrogen (secondary N) is 2. The Morgan fingerprint density at radius 1 is 1.58 bits per heavy atom. The highest BCUT2D eigenvalue weighted by molar-refractivity contribution is 9.10. The van der Waals surface area contributed by atoms with Gasteiger partial charge in [0.05, 0.1) is 5.69 Å². The number of hydrogen-bond acceptors (Lipinski definition) is 1. The summed E-state index contributed by atoms with van der Waals surface area (Å²) in [5.41, 5.74) is 5.66. The largest absolute Gasteiger partial charge is 0.370 e. The molecule has 0 saturated carbocycles. The number of guanidine groups is 1. The number of benzene rings is 1. The van der Waals surface area contributed by atoms with E-state index in [4.69, 9.17) is 11.1 Å². The second-order valence-electron chi connectivity index (χ2n) is 2.16. The lowest BCUT2D eigenvalue weighted by Crippen LogP contribution is -2.20. The van der Waals surface area contributed by atoms with E-state index in [0.29, 0.717) is 10.2 Å². The SMILES string of the molecule is N=C(N)Nc1ccc(F)cc1Br. The maximum atomic E-state index is 12.5. The first-order valence-electron chi connectivity index (χ1n) is 3.15. The average molecular weight is 232 g/mol. The van der Waals surface area contributed by atoms with Crippen molar-refractivity contribution in [3.8, 4) is 0 Å². The van der Waals surface area contributed by atoms with E-state index in [-0.39, 0.29) is 11.8 Å². The molecule has 0 saturated heterocycles. The molecule has 0 radical (unpaired) electrons. The maximum Gasteiger partial charge on any atom is 0.190 e. The lowest BCUT2D eigenvalue weighted by atomic mass is 10.3. The summed E-state index contributed by atoms with van der Waals surface area (Å²) in [6.45, 7) is 0. The van der Waals surface area contributed by atoms with Gasteiger partial charge < -0.3 is 11.1 Å². The molecule has 4 N–H and O–H groups in total. The minimum absolute atomic E-state index is 0.178. The molecule has 0 aliphatic rings. The normalized spacial score (nSPS) is 9.50. The minimum atomic E-state index is -0.337. The molecule has 0 bridgehead atoms. The van der Waals surface area contributed by atoms with Gasteiger partial charge in [-0.3, -0.25) is 5.41 Å². The fourth-order valence-corrected chi connectivity index (χ4v) is 1.19. The predicted molar refractivity (Wildman–Crippen MR) is 49.6 cm³/mol. The van der Waals surface area contributed by atoms with Crippen LogP contribution in [-0.4, -0.2) is 5.96 Å². The van der Waals surface area contributed by atoms with Gasteiger partial charge in [0.25, 0.3) is 0 Å². The van der Waals surface area contributed by atoms with Gasteiger partial charge in [-0.15, -0.1) is 0 Å². The quantitative estimate of drug-likeness (QED) is 0.511. The average Bonchev–Trinajstić information content (AvgIpc) is 1.94. The second-order valence-corrected chi connectivity index (χ2v) is 3.02. The number of rotatable bonds is 1. The van der Waals surface area contributed by atoms with Crippen LogP contribution in [0.3, 0.4) is 0 Å². The highest BCUT2D eigenvalue weighted by Gasteiger charge is 2.00. The smallest absolute Gasteiger partial charge is 0.190 e. The van der Waals surface area contributed by atoms with E-state index in [9.17, 15) is 4.39 Å². The molecule has 0 aromatic heterocycles. The molecular formula is C7H7BrFN3. The van der Waals surface area contributed by atoms with Crippen LogP contribution in [0.4, 0.5) is 10.1 Å². The first-order valence-corrected chi connectivity index (χ1v) is 3.95.